The van der Waals surface area contributed by atoms with E-state index in [0.717, 1.165) is 6.26 Å². The normalized spacial score (nSPS) is 28.3. The van der Waals surface area contributed by atoms with Crippen molar-refractivity contribution in [3.8, 4) is 0 Å². The van der Waals surface area contributed by atoms with Gasteiger partial charge in [-0.25, -0.2) is 8.42 Å². The Morgan fingerprint density at radius 1 is 1.20 bits per heavy atom. The van der Waals surface area contributed by atoms with Gasteiger partial charge in [0, 0.05) is 6.26 Å². The molecule has 2 nitrogen and oxygen atoms in total. The summed E-state index contributed by atoms with van der Waals surface area (Å²) in [4.78, 5) is 0. The Morgan fingerprint density at radius 3 is 2.13 bits per heavy atom. The predicted octanol–water partition coefficient (Wildman–Crippen LogP) is -0.805. The van der Waals surface area contributed by atoms with Crippen LogP contribution in [0, 0.1) is 0 Å². The third-order valence-corrected chi connectivity index (χ3v) is 4.45. The van der Waals surface area contributed by atoms with Crippen LogP contribution in [0.1, 0.15) is 25.7 Å². The Hall–Kier alpha value is 1.44. The average Bonchev–Trinajstić information content (AvgIpc) is 2.01. The van der Waals surface area contributed by atoms with Crippen molar-refractivity contribution in [2.45, 2.75) is 36.8 Å². The van der Waals surface area contributed by atoms with Gasteiger partial charge in [0.1, 0.15) is 9.84 Å². The van der Waals surface area contributed by atoms with Crippen molar-refractivity contribution >= 4 is 16.8 Å². The van der Waals surface area contributed by atoms with Gasteiger partial charge >= 0.3 is 58.4 Å². The number of rotatable bonds is 2. The summed E-state index contributed by atoms with van der Waals surface area (Å²) in [6, 6.07) is 0. The molecule has 2 atom stereocenters. The minimum atomic E-state index is -4.87. The van der Waals surface area contributed by atoms with Crippen molar-refractivity contribution in [1.82, 2.24) is 0 Å². The zero-order valence-electron chi connectivity index (χ0n) is 8.92. The molecule has 0 N–H and O–H groups in total. The molecule has 0 aromatic carbocycles. The molecule has 0 aromatic heterocycles. The van der Waals surface area contributed by atoms with Crippen molar-refractivity contribution in [3.05, 3.63) is 0 Å². The molecule has 1 fully saturated rings. The molecular weight excluding hydrogens is 255 g/mol. The minimum absolute atomic E-state index is 0. The van der Waals surface area contributed by atoms with E-state index < -0.39 is 27.9 Å². The van der Waals surface area contributed by atoms with Crippen LogP contribution in [0.2, 0.25) is 5.82 Å². The fourth-order valence-corrected chi connectivity index (χ4v) is 3.10. The third-order valence-electron chi connectivity index (χ3n) is 2.81. The molecule has 1 rings (SSSR count). The summed E-state index contributed by atoms with van der Waals surface area (Å²) in [6.07, 6.45) is 1.62. The summed E-state index contributed by atoms with van der Waals surface area (Å²) in [6.45, 7) is -4.87. The maximum absolute atomic E-state index is 12.4. The van der Waals surface area contributed by atoms with Gasteiger partial charge in [-0.05, 0) is 6.42 Å². The maximum atomic E-state index is 12.4. The second-order valence-electron chi connectivity index (χ2n) is 4.00. The Morgan fingerprint density at radius 2 is 1.73 bits per heavy atom. The van der Waals surface area contributed by atoms with Gasteiger partial charge in [-0.3, -0.25) is 0 Å². The quantitative estimate of drug-likeness (QED) is 0.614. The van der Waals surface area contributed by atoms with E-state index in [2.05, 4.69) is 0 Å². The van der Waals surface area contributed by atoms with E-state index in [1.807, 2.05) is 0 Å². The van der Waals surface area contributed by atoms with Crippen LogP contribution in [0.25, 0.3) is 0 Å². The van der Waals surface area contributed by atoms with Gasteiger partial charge in [0.05, 0.1) is 5.25 Å². The van der Waals surface area contributed by atoms with Gasteiger partial charge in [0.25, 0.3) is 0 Å². The minimum Gasteiger partial charge on any atom is -0.449 e. The summed E-state index contributed by atoms with van der Waals surface area (Å²) in [5.41, 5.74) is 0. The van der Waals surface area contributed by atoms with E-state index in [1.54, 1.807) is 0 Å². The monoisotopic (exact) mass is 268 g/mol. The summed E-state index contributed by atoms with van der Waals surface area (Å²) >= 11 is 0. The van der Waals surface area contributed by atoms with Crippen LogP contribution in [0.3, 0.4) is 0 Å². The molecule has 1 aliphatic carbocycles. The van der Waals surface area contributed by atoms with Gasteiger partial charge < -0.3 is 12.9 Å². The topological polar surface area (TPSA) is 34.1 Å². The summed E-state index contributed by atoms with van der Waals surface area (Å²) < 4.78 is 59.3. The molecule has 8 heteroatoms. The van der Waals surface area contributed by atoms with E-state index >= 15 is 0 Å². The smallest absolute Gasteiger partial charge is 0.449 e. The van der Waals surface area contributed by atoms with Gasteiger partial charge in [0.2, 0.25) is 0 Å². The molecule has 0 spiro atoms. The maximum Gasteiger partial charge on any atom is 1.00 e. The van der Waals surface area contributed by atoms with E-state index in [4.69, 9.17) is 0 Å². The molecule has 1 saturated carbocycles. The molecule has 15 heavy (non-hydrogen) atoms. The molecule has 0 radical (unpaired) electrons. The van der Waals surface area contributed by atoms with Gasteiger partial charge in [-0.1, -0.05) is 25.1 Å². The summed E-state index contributed by atoms with van der Waals surface area (Å²) in [7, 11) is -3.31. The number of hydrogen-bond donors (Lipinski definition) is 0. The molecule has 0 heterocycles. The average molecular weight is 268 g/mol. The molecule has 1 aliphatic rings. The second-order valence-corrected chi connectivity index (χ2v) is 6.33. The van der Waals surface area contributed by atoms with Crippen molar-refractivity contribution in [2.24, 2.45) is 0 Å². The SMILES string of the molecule is CS(=O)(=O)C1CCCC([B-](F)(F)F)C1.[K+]. The van der Waals surface area contributed by atoms with Crippen LogP contribution in [0.15, 0.2) is 0 Å². The van der Waals surface area contributed by atoms with Crippen LogP contribution >= 0.6 is 0 Å². The van der Waals surface area contributed by atoms with Gasteiger partial charge in [-0.15, -0.1) is 0 Å². The largest absolute Gasteiger partial charge is 1.00 e. The molecule has 0 aliphatic heterocycles. The van der Waals surface area contributed by atoms with Crippen LogP contribution in [0.4, 0.5) is 12.9 Å². The molecule has 84 valence electrons. The first-order valence-corrected chi connectivity index (χ1v) is 6.55. The molecule has 0 amide bonds. The standard InChI is InChI=1S/C7H13BF3O2S.K/c1-14(12,13)7-4-2-3-6(5-7)8(9,10)11;/h6-7H,2-5H2,1H3;/q-1;+1. The van der Waals surface area contributed by atoms with E-state index in [-0.39, 0.29) is 64.2 Å². The zero-order valence-corrected chi connectivity index (χ0v) is 12.9. The molecule has 0 aromatic rings. The number of halogens is 3. The number of sulfone groups is 1. The fraction of sp³-hybridized carbons (Fsp3) is 1.00. The van der Waals surface area contributed by atoms with Crippen LogP contribution in [0.5, 0.6) is 0 Å². The van der Waals surface area contributed by atoms with Crippen molar-refractivity contribution < 1.29 is 72.7 Å². The summed E-state index contributed by atoms with van der Waals surface area (Å²) in [5, 5.41) is -0.787. The molecule has 0 bridgehead atoms. The van der Waals surface area contributed by atoms with E-state index in [0.29, 0.717) is 12.8 Å². The molecule has 2 unspecified atom stereocenters. The van der Waals surface area contributed by atoms with Crippen molar-refractivity contribution in [3.63, 3.8) is 0 Å². The van der Waals surface area contributed by atoms with Crippen LogP contribution in [-0.2, 0) is 9.84 Å². The van der Waals surface area contributed by atoms with Crippen molar-refractivity contribution in [2.75, 3.05) is 6.26 Å². The molecule has 0 saturated heterocycles. The first-order chi connectivity index (χ1) is 6.21. The third kappa shape index (κ3) is 5.08. The Labute approximate surface area is 131 Å². The first-order valence-electron chi connectivity index (χ1n) is 4.60. The number of hydrogen-bond acceptors (Lipinski definition) is 2. The van der Waals surface area contributed by atoms with Gasteiger partial charge in [-0.2, -0.15) is 0 Å². The van der Waals surface area contributed by atoms with E-state index in [9.17, 15) is 21.4 Å². The van der Waals surface area contributed by atoms with Crippen LogP contribution < -0.4 is 51.4 Å². The first kappa shape index (κ1) is 16.4. The van der Waals surface area contributed by atoms with E-state index in [1.165, 1.54) is 0 Å². The Kier molecular flexibility index (Phi) is 6.42. The Balaban J connectivity index is 0.00000196. The summed E-state index contributed by atoms with van der Waals surface area (Å²) in [5.74, 6) is -1.37. The van der Waals surface area contributed by atoms with Crippen molar-refractivity contribution in [1.29, 1.82) is 0 Å². The second kappa shape index (κ2) is 5.86. The predicted molar refractivity (Wildman–Crippen MR) is 49.9 cm³/mol. The zero-order chi connectivity index (χ0) is 11.0. The van der Waals surface area contributed by atoms with Crippen LogP contribution in [-0.4, -0.2) is 26.9 Å². The van der Waals surface area contributed by atoms with Gasteiger partial charge in [0.15, 0.2) is 0 Å². The molecular formula is C7H13BF3KO2S. The Bertz CT molecular complexity index is 304. The fourth-order valence-electron chi connectivity index (χ4n) is 1.91.